The van der Waals surface area contributed by atoms with E-state index in [9.17, 15) is 15.0 Å². The number of carbonyl (C=O) groups is 1. The van der Waals surface area contributed by atoms with E-state index in [1.165, 1.54) is 13.2 Å². The average molecular weight is 444 g/mol. The molecule has 0 spiro atoms. The van der Waals surface area contributed by atoms with Crippen LogP contribution in [0, 0.1) is 6.92 Å². The topological polar surface area (TPSA) is 108 Å². The summed E-state index contributed by atoms with van der Waals surface area (Å²) in [5, 5.41) is 28.3. The van der Waals surface area contributed by atoms with Gasteiger partial charge >= 0.3 is 0 Å². The summed E-state index contributed by atoms with van der Waals surface area (Å²) in [6.45, 7) is 2.47. The molecule has 0 unspecified atom stereocenters. The first-order valence-electron chi connectivity index (χ1n) is 9.61. The number of ether oxygens (including phenoxy) is 2. The molecule has 2 aromatic carbocycles. The van der Waals surface area contributed by atoms with E-state index >= 15 is 0 Å². The van der Waals surface area contributed by atoms with Crippen molar-refractivity contribution in [3.05, 3.63) is 57.7 Å². The number of halogens is 1. The molecule has 8 nitrogen and oxygen atoms in total. The number of amides is 1. The molecule has 3 aromatic rings. The Morgan fingerprint density at radius 3 is 2.68 bits per heavy atom. The largest absolute Gasteiger partial charge is 0.507 e. The van der Waals surface area contributed by atoms with Crippen molar-refractivity contribution >= 4 is 17.5 Å². The van der Waals surface area contributed by atoms with Gasteiger partial charge < -0.3 is 24.6 Å². The number of aromatic nitrogens is 2. The van der Waals surface area contributed by atoms with Crippen molar-refractivity contribution in [2.75, 3.05) is 27.4 Å². The summed E-state index contributed by atoms with van der Waals surface area (Å²) in [6, 6.07) is 7.60. The number of carbonyl (C=O) groups excluding carboxylic acids is 1. The van der Waals surface area contributed by atoms with E-state index in [0.717, 1.165) is 11.1 Å². The summed E-state index contributed by atoms with van der Waals surface area (Å²) in [6.07, 6.45) is 0. The van der Waals surface area contributed by atoms with Crippen molar-refractivity contribution in [1.82, 2.24) is 15.1 Å². The third kappa shape index (κ3) is 3.47. The number of hydrogen-bond donors (Lipinski definition) is 3. The van der Waals surface area contributed by atoms with Crippen LogP contribution in [0.15, 0.2) is 30.3 Å². The van der Waals surface area contributed by atoms with E-state index in [1.54, 1.807) is 43.2 Å². The fourth-order valence-corrected chi connectivity index (χ4v) is 4.05. The lowest BCUT2D eigenvalue weighted by Gasteiger charge is -2.26. The predicted molar refractivity (Wildman–Crippen MR) is 115 cm³/mol. The Morgan fingerprint density at radius 2 is 1.97 bits per heavy atom. The number of methoxy groups -OCH3 is 2. The van der Waals surface area contributed by atoms with Crippen LogP contribution in [-0.4, -0.2) is 58.6 Å². The van der Waals surface area contributed by atoms with Gasteiger partial charge in [-0.3, -0.25) is 9.89 Å². The molecule has 0 saturated heterocycles. The minimum absolute atomic E-state index is 0.00498. The van der Waals surface area contributed by atoms with Gasteiger partial charge in [-0.25, -0.2) is 0 Å². The Morgan fingerprint density at radius 1 is 1.19 bits per heavy atom. The fourth-order valence-electron chi connectivity index (χ4n) is 3.89. The molecule has 1 atom stereocenters. The molecule has 31 heavy (non-hydrogen) atoms. The van der Waals surface area contributed by atoms with Crippen LogP contribution in [0.25, 0.3) is 11.3 Å². The van der Waals surface area contributed by atoms with Gasteiger partial charge in [0, 0.05) is 29.8 Å². The monoisotopic (exact) mass is 443 g/mol. The smallest absolute Gasteiger partial charge is 0.273 e. The highest BCUT2D eigenvalue weighted by Gasteiger charge is 2.42. The third-order valence-electron chi connectivity index (χ3n) is 5.45. The van der Waals surface area contributed by atoms with Crippen molar-refractivity contribution in [2.45, 2.75) is 13.0 Å². The minimum Gasteiger partial charge on any atom is -0.507 e. The number of phenolic OH excluding ortho intramolecular Hbond substituents is 2. The second-order valence-corrected chi connectivity index (χ2v) is 7.71. The lowest BCUT2D eigenvalue weighted by molar-refractivity contribution is 0.0677. The van der Waals surface area contributed by atoms with Crippen LogP contribution in [0.2, 0.25) is 5.02 Å². The molecule has 0 aliphatic carbocycles. The quantitative estimate of drug-likeness (QED) is 0.536. The summed E-state index contributed by atoms with van der Waals surface area (Å²) in [4.78, 5) is 14.8. The van der Waals surface area contributed by atoms with Crippen molar-refractivity contribution in [3.8, 4) is 28.5 Å². The van der Waals surface area contributed by atoms with Crippen LogP contribution in [0.3, 0.4) is 0 Å². The van der Waals surface area contributed by atoms with Crippen LogP contribution in [0.5, 0.6) is 17.2 Å². The highest BCUT2D eigenvalue weighted by atomic mass is 35.5. The maximum Gasteiger partial charge on any atom is 0.273 e. The zero-order valence-electron chi connectivity index (χ0n) is 17.3. The maximum atomic E-state index is 13.2. The van der Waals surface area contributed by atoms with Crippen molar-refractivity contribution < 1.29 is 24.5 Å². The van der Waals surface area contributed by atoms with Gasteiger partial charge in [-0.1, -0.05) is 17.7 Å². The van der Waals surface area contributed by atoms with Gasteiger partial charge in [-0.15, -0.1) is 0 Å². The molecule has 0 saturated carbocycles. The second-order valence-electron chi connectivity index (χ2n) is 7.30. The van der Waals surface area contributed by atoms with Crippen LogP contribution in [0.4, 0.5) is 0 Å². The number of phenols is 2. The van der Waals surface area contributed by atoms with Gasteiger partial charge in [-0.2, -0.15) is 5.10 Å². The Kier molecular flexibility index (Phi) is 5.51. The number of benzene rings is 2. The second kappa shape index (κ2) is 8.13. The lowest BCUT2D eigenvalue weighted by Crippen LogP contribution is -2.32. The Bertz CT molecular complexity index is 1160. The van der Waals surface area contributed by atoms with Crippen molar-refractivity contribution in [1.29, 1.82) is 0 Å². The molecule has 1 aromatic heterocycles. The summed E-state index contributed by atoms with van der Waals surface area (Å²) in [5.41, 5.74) is 3.25. The first-order chi connectivity index (χ1) is 14.9. The Labute approximate surface area is 184 Å². The molecule has 0 fully saturated rings. The van der Waals surface area contributed by atoms with Crippen molar-refractivity contribution in [2.24, 2.45) is 0 Å². The number of aromatic hydroxyl groups is 2. The molecule has 1 aliphatic rings. The summed E-state index contributed by atoms with van der Waals surface area (Å²) in [5.74, 6) is 0.0625. The highest BCUT2D eigenvalue weighted by Crippen LogP contribution is 2.46. The van der Waals surface area contributed by atoms with Crippen molar-refractivity contribution in [3.63, 3.8) is 0 Å². The third-order valence-corrected chi connectivity index (χ3v) is 5.86. The number of rotatable bonds is 6. The first kappa shape index (κ1) is 21.0. The molecule has 3 N–H and O–H groups in total. The number of hydrogen-bond acceptors (Lipinski definition) is 6. The number of nitrogens with one attached hydrogen (secondary N) is 1. The molecular formula is C22H22ClN3O5. The van der Waals surface area contributed by atoms with E-state index in [-0.39, 0.29) is 23.2 Å². The first-order valence-corrected chi connectivity index (χ1v) is 9.99. The zero-order valence-corrected chi connectivity index (χ0v) is 18.0. The fraction of sp³-hybridized carbons (Fsp3) is 0.273. The van der Waals surface area contributed by atoms with E-state index < -0.39 is 6.04 Å². The van der Waals surface area contributed by atoms with Crippen LogP contribution in [0.1, 0.15) is 33.2 Å². The standard InChI is InChI=1S/C22H22ClN3O5/c1-11-8-16(28)13(10-14(11)23)19-18-20(25-24-19)22(29)26(6-7-30-2)21(18)12-4-5-15(27)17(9-12)31-3/h4-5,8-10,21,27-28H,6-7H2,1-3H3,(H,24,25)/t21-/m0/s1. The molecule has 1 aliphatic heterocycles. The highest BCUT2D eigenvalue weighted by molar-refractivity contribution is 6.31. The average Bonchev–Trinajstić information content (AvgIpc) is 3.28. The molecule has 1 amide bonds. The molecule has 4 rings (SSSR count). The van der Waals surface area contributed by atoms with Crippen LogP contribution >= 0.6 is 11.6 Å². The predicted octanol–water partition coefficient (Wildman–Crippen LogP) is 3.65. The van der Waals surface area contributed by atoms with Crippen LogP contribution in [-0.2, 0) is 4.74 Å². The number of aryl methyl sites for hydroxylation is 1. The van der Waals surface area contributed by atoms with Gasteiger partial charge in [0.15, 0.2) is 11.5 Å². The number of H-pyrrole nitrogens is 1. The van der Waals surface area contributed by atoms with Gasteiger partial charge in [0.05, 0.1) is 19.8 Å². The molecule has 9 heteroatoms. The zero-order chi connectivity index (χ0) is 22.3. The van der Waals surface area contributed by atoms with Gasteiger partial charge in [0.25, 0.3) is 5.91 Å². The van der Waals surface area contributed by atoms with Crippen LogP contribution < -0.4 is 4.74 Å². The van der Waals surface area contributed by atoms with E-state index in [4.69, 9.17) is 21.1 Å². The van der Waals surface area contributed by atoms with Gasteiger partial charge in [-0.05, 0) is 42.3 Å². The minimum atomic E-state index is -0.527. The van der Waals surface area contributed by atoms with E-state index in [0.29, 0.717) is 40.7 Å². The number of fused-ring (bicyclic) bond motifs is 1. The normalized spacial score (nSPS) is 15.4. The maximum absolute atomic E-state index is 13.2. The summed E-state index contributed by atoms with van der Waals surface area (Å²) >= 11 is 6.30. The van der Waals surface area contributed by atoms with E-state index in [1.807, 2.05) is 0 Å². The molecule has 0 bridgehead atoms. The molecular weight excluding hydrogens is 422 g/mol. The van der Waals surface area contributed by atoms with Gasteiger partial charge in [0.1, 0.15) is 17.1 Å². The number of nitrogens with zero attached hydrogens (tertiary/aromatic N) is 2. The SMILES string of the molecule is COCCN1C(=O)c2[nH]nc(-c3cc(Cl)c(C)cc3O)c2[C@@H]1c1ccc(O)c(OC)c1. The lowest BCUT2D eigenvalue weighted by atomic mass is 9.95. The summed E-state index contributed by atoms with van der Waals surface area (Å²) < 4.78 is 10.5. The van der Waals surface area contributed by atoms with E-state index in [2.05, 4.69) is 10.2 Å². The Balaban J connectivity index is 1.92. The number of aromatic amines is 1. The summed E-state index contributed by atoms with van der Waals surface area (Å²) in [7, 11) is 3.03. The molecule has 162 valence electrons. The Hall–Kier alpha value is -3.23. The molecule has 2 heterocycles. The molecule has 0 radical (unpaired) electrons. The van der Waals surface area contributed by atoms with Gasteiger partial charge in [0.2, 0.25) is 0 Å².